The van der Waals surface area contributed by atoms with Crippen molar-refractivity contribution in [2.45, 2.75) is 46.7 Å². The van der Waals surface area contributed by atoms with Crippen molar-refractivity contribution in [3.8, 4) is 0 Å². The Morgan fingerprint density at radius 2 is 2.05 bits per heavy atom. The number of hydrogen-bond acceptors (Lipinski definition) is 4. The summed E-state index contributed by atoms with van der Waals surface area (Å²) in [6, 6.07) is 6.50. The van der Waals surface area contributed by atoms with Crippen LogP contribution in [0.2, 0.25) is 0 Å². The number of aryl methyl sites for hydroxylation is 3. The van der Waals surface area contributed by atoms with Crippen molar-refractivity contribution in [2.24, 2.45) is 0 Å². The summed E-state index contributed by atoms with van der Waals surface area (Å²) in [6.45, 7) is 8.03. The monoisotopic (exact) mass is 273 g/mol. The van der Waals surface area contributed by atoms with Gasteiger partial charge in [-0.05, 0) is 42.3 Å². The zero-order valence-corrected chi connectivity index (χ0v) is 12.8. The molecule has 1 aromatic heterocycles. The van der Waals surface area contributed by atoms with E-state index in [9.17, 15) is 0 Å². The summed E-state index contributed by atoms with van der Waals surface area (Å²) < 4.78 is 1.91. The van der Waals surface area contributed by atoms with Crippen LogP contribution < -0.4 is 4.90 Å². The minimum Gasteiger partial charge on any atom is -0.367 e. The van der Waals surface area contributed by atoms with Gasteiger partial charge in [0.2, 0.25) is 0 Å². The average Bonchev–Trinajstić information content (AvgIpc) is 2.83. The summed E-state index contributed by atoms with van der Waals surface area (Å²) >= 11 is 0. The van der Waals surface area contributed by atoms with Crippen LogP contribution in [0.5, 0.6) is 0 Å². The summed E-state index contributed by atoms with van der Waals surface area (Å²) in [5.41, 5.74) is 3.79. The lowest BCUT2D eigenvalue weighted by Gasteiger charge is -2.21. The van der Waals surface area contributed by atoms with Gasteiger partial charge in [0, 0.05) is 19.3 Å². The largest absolute Gasteiger partial charge is 0.367 e. The lowest BCUT2D eigenvalue weighted by Crippen LogP contribution is -2.21. The molecule has 0 N–H and O–H groups in total. The lowest BCUT2D eigenvalue weighted by atomic mass is 10.1. The Balaban J connectivity index is 2.11. The van der Waals surface area contributed by atoms with E-state index in [2.05, 4.69) is 66.4 Å². The molecule has 0 aliphatic carbocycles. The first-order valence-corrected chi connectivity index (χ1v) is 7.15. The fourth-order valence-electron chi connectivity index (χ4n) is 2.35. The molecule has 5 nitrogen and oxygen atoms in total. The highest BCUT2D eigenvalue weighted by Gasteiger charge is 2.11. The van der Waals surface area contributed by atoms with Crippen molar-refractivity contribution < 1.29 is 0 Å². The van der Waals surface area contributed by atoms with Gasteiger partial charge in [-0.1, -0.05) is 31.0 Å². The molecule has 20 heavy (non-hydrogen) atoms. The highest BCUT2D eigenvalue weighted by molar-refractivity contribution is 5.53. The van der Waals surface area contributed by atoms with Crippen LogP contribution in [0.4, 0.5) is 5.69 Å². The van der Waals surface area contributed by atoms with Crippen LogP contribution in [0.25, 0.3) is 0 Å². The van der Waals surface area contributed by atoms with E-state index in [-0.39, 0.29) is 0 Å². The Morgan fingerprint density at radius 3 is 2.75 bits per heavy atom. The van der Waals surface area contributed by atoms with Crippen LogP contribution in [-0.4, -0.2) is 27.3 Å². The van der Waals surface area contributed by atoms with E-state index >= 15 is 0 Å². The second kappa shape index (κ2) is 6.50. The maximum Gasteiger partial charge on any atom is 0.170 e. The number of benzene rings is 1. The minimum atomic E-state index is 0.723. The highest BCUT2D eigenvalue weighted by Crippen LogP contribution is 2.21. The molecule has 0 fully saturated rings. The third-order valence-electron chi connectivity index (χ3n) is 3.47. The van der Waals surface area contributed by atoms with Gasteiger partial charge in [-0.15, -0.1) is 5.10 Å². The van der Waals surface area contributed by atoms with E-state index in [1.165, 1.54) is 16.8 Å². The van der Waals surface area contributed by atoms with Crippen molar-refractivity contribution in [3.63, 3.8) is 0 Å². The molecule has 1 aromatic carbocycles. The first-order chi connectivity index (χ1) is 9.61. The SMILES string of the molecule is CCCCn1nnnc1CN(C)c1ccc(C)cc1C. The number of rotatable bonds is 6. The van der Waals surface area contributed by atoms with Crippen molar-refractivity contribution >= 4 is 5.69 Å². The third-order valence-corrected chi connectivity index (χ3v) is 3.47. The summed E-state index contributed by atoms with van der Waals surface area (Å²) in [6.07, 6.45) is 2.25. The van der Waals surface area contributed by atoms with Crippen LogP contribution in [0.1, 0.15) is 36.7 Å². The lowest BCUT2D eigenvalue weighted by molar-refractivity contribution is 0.531. The van der Waals surface area contributed by atoms with E-state index in [0.29, 0.717) is 0 Å². The van der Waals surface area contributed by atoms with Crippen LogP contribution in [0.3, 0.4) is 0 Å². The summed E-state index contributed by atoms with van der Waals surface area (Å²) in [4.78, 5) is 2.20. The van der Waals surface area contributed by atoms with Crippen LogP contribution >= 0.6 is 0 Å². The minimum absolute atomic E-state index is 0.723. The number of hydrogen-bond donors (Lipinski definition) is 0. The number of anilines is 1. The highest BCUT2D eigenvalue weighted by atomic mass is 15.5. The van der Waals surface area contributed by atoms with Gasteiger partial charge in [0.25, 0.3) is 0 Å². The van der Waals surface area contributed by atoms with Gasteiger partial charge >= 0.3 is 0 Å². The number of tetrazole rings is 1. The molecule has 0 radical (unpaired) electrons. The third kappa shape index (κ3) is 3.35. The van der Waals surface area contributed by atoms with Gasteiger partial charge in [-0.2, -0.15) is 0 Å². The smallest absolute Gasteiger partial charge is 0.170 e. The summed E-state index contributed by atoms with van der Waals surface area (Å²) in [5, 5.41) is 12.0. The van der Waals surface area contributed by atoms with Crippen LogP contribution in [0.15, 0.2) is 18.2 Å². The molecule has 0 aliphatic rings. The van der Waals surface area contributed by atoms with Gasteiger partial charge in [0.15, 0.2) is 5.82 Å². The first kappa shape index (κ1) is 14.5. The Labute approximate surface area is 120 Å². The van der Waals surface area contributed by atoms with Crippen LogP contribution in [0, 0.1) is 13.8 Å². The van der Waals surface area contributed by atoms with Gasteiger partial charge < -0.3 is 4.90 Å². The Kier molecular flexibility index (Phi) is 4.71. The molecule has 0 spiro atoms. The normalized spacial score (nSPS) is 10.8. The van der Waals surface area contributed by atoms with Gasteiger partial charge in [-0.3, -0.25) is 0 Å². The Hall–Kier alpha value is -1.91. The topological polar surface area (TPSA) is 46.8 Å². The summed E-state index contributed by atoms with van der Waals surface area (Å²) in [7, 11) is 2.08. The van der Waals surface area contributed by atoms with E-state index < -0.39 is 0 Å². The Bertz CT molecular complexity index is 561. The maximum atomic E-state index is 4.14. The van der Waals surface area contributed by atoms with Gasteiger partial charge in [-0.25, -0.2) is 4.68 Å². The van der Waals surface area contributed by atoms with Crippen molar-refractivity contribution in [1.29, 1.82) is 0 Å². The van der Waals surface area contributed by atoms with Crippen molar-refractivity contribution in [3.05, 3.63) is 35.2 Å². The molecule has 0 saturated heterocycles. The molecule has 0 unspecified atom stereocenters. The summed E-state index contributed by atoms with van der Waals surface area (Å²) in [5.74, 6) is 0.918. The molecule has 108 valence electrons. The molecule has 0 bridgehead atoms. The van der Waals surface area contributed by atoms with Gasteiger partial charge in [0.05, 0.1) is 6.54 Å². The number of unbranched alkanes of at least 4 members (excludes halogenated alkanes) is 1. The zero-order chi connectivity index (χ0) is 14.5. The predicted molar refractivity (Wildman–Crippen MR) is 80.7 cm³/mol. The van der Waals surface area contributed by atoms with Crippen molar-refractivity contribution in [1.82, 2.24) is 20.2 Å². The van der Waals surface area contributed by atoms with Crippen molar-refractivity contribution in [2.75, 3.05) is 11.9 Å². The molecule has 0 amide bonds. The Morgan fingerprint density at radius 1 is 1.25 bits per heavy atom. The molecule has 5 heteroatoms. The molecule has 0 atom stereocenters. The van der Waals surface area contributed by atoms with E-state index in [1.54, 1.807) is 0 Å². The fraction of sp³-hybridized carbons (Fsp3) is 0.533. The molecule has 0 aliphatic heterocycles. The fourth-order valence-corrected chi connectivity index (χ4v) is 2.35. The number of nitrogens with zero attached hydrogens (tertiary/aromatic N) is 5. The van der Waals surface area contributed by atoms with E-state index in [1.807, 2.05) is 4.68 Å². The zero-order valence-electron chi connectivity index (χ0n) is 12.8. The molecular weight excluding hydrogens is 250 g/mol. The predicted octanol–water partition coefficient (Wildman–Crippen LogP) is 2.73. The van der Waals surface area contributed by atoms with Gasteiger partial charge in [0.1, 0.15) is 0 Å². The van der Waals surface area contributed by atoms with Crippen LogP contribution in [-0.2, 0) is 13.1 Å². The standard InChI is InChI=1S/C15H23N5/c1-5-6-9-20-15(16-17-18-20)11-19(4)14-8-7-12(2)10-13(14)3/h7-8,10H,5-6,9,11H2,1-4H3. The molecule has 1 heterocycles. The first-order valence-electron chi connectivity index (χ1n) is 7.15. The number of aromatic nitrogens is 4. The second-order valence-corrected chi connectivity index (χ2v) is 5.32. The molecular formula is C15H23N5. The maximum absolute atomic E-state index is 4.14. The average molecular weight is 273 g/mol. The second-order valence-electron chi connectivity index (χ2n) is 5.32. The molecule has 2 aromatic rings. The van der Waals surface area contributed by atoms with E-state index in [0.717, 1.165) is 31.8 Å². The molecule has 2 rings (SSSR count). The van der Waals surface area contributed by atoms with E-state index in [4.69, 9.17) is 0 Å². The quantitative estimate of drug-likeness (QED) is 0.812. The molecule has 0 saturated carbocycles.